The molecule has 0 amide bonds. The number of benzene rings is 3. The molecule has 0 bridgehead atoms. The van der Waals surface area contributed by atoms with Crippen LogP contribution in [-0.2, 0) is 4.74 Å². The van der Waals surface area contributed by atoms with Gasteiger partial charge < -0.3 is 9.47 Å². The Morgan fingerprint density at radius 3 is 2.59 bits per heavy atom. The monoisotopic (exact) mass is 456 g/mol. The standard InChI is InChI=1S/C28H32N4O2/c1-4-33-28(29)23-10-12-26-25(17-23)27(31-30-26)22-8-7-21-16-24(11-9-20(21)15-22)34-14-13-32-18(2)5-6-19(32)3/h7-12,15-19,29H,4-6,13-14H2,1-3H3,(H,30,31). The molecule has 0 radical (unpaired) electrons. The van der Waals surface area contributed by atoms with Gasteiger partial charge in [0.25, 0.3) is 0 Å². The van der Waals surface area contributed by atoms with E-state index in [-0.39, 0.29) is 5.90 Å². The van der Waals surface area contributed by atoms with Gasteiger partial charge in [0.15, 0.2) is 0 Å². The molecule has 2 heterocycles. The van der Waals surface area contributed by atoms with E-state index in [9.17, 15) is 0 Å². The molecule has 5 rings (SSSR count). The number of H-pyrrole nitrogens is 1. The van der Waals surface area contributed by atoms with Crippen LogP contribution in [0.2, 0.25) is 0 Å². The summed E-state index contributed by atoms with van der Waals surface area (Å²) in [5.41, 5.74) is 3.59. The van der Waals surface area contributed by atoms with Gasteiger partial charge in [0.1, 0.15) is 12.4 Å². The average Bonchev–Trinajstić information content (AvgIpc) is 3.41. The number of aromatic amines is 1. The third kappa shape index (κ3) is 4.38. The van der Waals surface area contributed by atoms with Crippen LogP contribution in [0.4, 0.5) is 0 Å². The predicted octanol–water partition coefficient (Wildman–Crippen LogP) is 6.00. The van der Waals surface area contributed by atoms with Gasteiger partial charge in [0.2, 0.25) is 5.90 Å². The molecule has 2 N–H and O–H groups in total. The average molecular weight is 457 g/mol. The molecule has 1 saturated heterocycles. The molecule has 0 saturated carbocycles. The smallest absolute Gasteiger partial charge is 0.213 e. The zero-order chi connectivity index (χ0) is 23.7. The summed E-state index contributed by atoms with van der Waals surface area (Å²) in [6.07, 6.45) is 2.56. The minimum Gasteiger partial charge on any atom is -0.492 e. The van der Waals surface area contributed by atoms with Gasteiger partial charge in [0.05, 0.1) is 17.8 Å². The zero-order valence-electron chi connectivity index (χ0n) is 20.1. The van der Waals surface area contributed by atoms with Crippen LogP contribution in [0, 0.1) is 5.41 Å². The Morgan fingerprint density at radius 1 is 1.03 bits per heavy atom. The largest absolute Gasteiger partial charge is 0.492 e. The maximum atomic E-state index is 8.11. The van der Waals surface area contributed by atoms with Gasteiger partial charge in [-0.2, -0.15) is 5.10 Å². The van der Waals surface area contributed by atoms with Crippen LogP contribution in [0.3, 0.4) is 0 Å². The highest BCUT2D eigenvalue weighted by atomic mass is 16.5. The SMILES string of the molecule is CCOC(=N)c1ccc2[nH]nc(-c3ccc4cc(OCCN5C(C)CCC5C)ccc4c3)c2c1. The molecule has 0 spiro atoms. The fourth-order valence-electron chi connectivity index (χ4n) is 5.02. The summed E-state index contributed by atoms with van der Waals surface area (Å²) in [5, 5.41) is 19.0. The Hall–Kier alpha value is -3.38. The van der Waals surface area contributed by atoms with E-state index in [1.165, 1.54) is 12.8 Å². The molecule has 2 atom stereocenters. The highest BCUT2D eigenvalue weighted by Gasteiger charge is 2.26. The van der Waals surface area contributed by atoms with Crippen LogP contribution in [0.5, 0.6) is 5.75 Å². The van der Waals surface area contributed by atoms with Crippen LogP contribution in [0.15, 0.2) is 54.6 Å². The molecule has 6 heteroatoms. The minimum absolute atomic E-state index is 0.177. The molecule has 4 aromatic rings. The van der Waals surface area contributed by atoms with Crippen LogP contribution in [-0.4, -0.2) is 52.8 Å². The molecule has 6 nitrogen and oxygen atoms in total. The normalized spacial score (nSPS) is 18.6. The molecule has 1 aliphatic rings. The van der Waals surface area contributed by atoms with Crippen molar-refractivity contribution in [2.75, 3.05) is 19.8 Å². The number of fused-ring (bicyclic) bond motifs is 2. The number of likely N-dealkylation sites (tertiary alicyclic amines) is 1. The fraction of sp³-hybridized carbons (Fsp3) is 0.357. The number of aromatic nitrogens is 2. The summed E-state index contributed by atoms with van der Waals surface area (Å²) in [5.74, 6) is 1.08. The van der Waals surface area contributed by atoms with Crippen LogP contribution < -0.4 is 4.74 Å². The lowest BCUT2D eigenvalue weighted by Crippen LogP contribution is -2.36. The summed E-state index contributed by atoms with van der Waals surface area (Å²) < 4.78 is 11.5. The van der Waals surface area contributed by atoms with Crippen molar-refractivity contribution in [3.63, 3.8) is 0 Å². The summed E-state index contributed by atoms with van der Waals surface area (Å²) in [4.78, 5) is 2.54. The molecule has 1 fully saturated rings. The molecular formula is C28H32N4O2. The number of rotatable bonds is 7. The van der Waals surface area contributed by atoms with Crippen molar-refractivity contribution in [2.24, 2.45) is 0 Å². The number of hydrogen-bond acceptors (Lipinski definition) is 5. The van der Waals surface area contributed by atoms with E-state index in [4.69, 9.17) is 14.9 Å². The lowest BCUT2D eigenvalue weighted by atomic mass is 10.0. The summed E-state index contributed by atoms with van der Waals surface area (Å²) in [7, 11) is 0. The Balaban J connectivity index is 1.35. The molecule has 0 aliphatic carbocycles. The lowest BCUT2D eigenvalue weighted by Gasteiger charge is -2.25. The summed E-state index contributed by atoms with van der Waals surface area (Å²) >= 11 is 0. The van der Waals surface area contributed by atoms with Crippen molar-refractivity contribution in [1.29, 1.82) is 5.41 Å². The van der Waals surface area contributed by atoms with E-state index in [1.54, 1.807) is 0 Å². The Labute approximate surface area is 200 Å². The van der Waals surface area contributed by atoms with Crippen molar-refractivity contribution < 1.29 is 9.47 Å². The number of nitrogens with one attached hydrogen (secondary N) is 2. The van der Waals surface area contributed by atoms with E-state index in [2.05, 4.69) is 59.3 Å². The van der Waals surface area contributed by atoms with Crippen LogP contribution in [0.1, 0.15) is 39.2 Å². The Morgan fingerprint density at radius 2 is 1.79 bits per heavy atom. The van der Waals surface area contributed by atoms with Gasteiger partial charge in [-0.05, 0) is 80.8 Å². The van der Waals surface area contributed by atoms with Crippen molar-refractivity contribution in [3.8, 4) is 17.0 Å². The first-order valence-corrected chi connectivity index (χ1v) is 12.2. The summed E-state index contributed by atoms with van der Waals surface area (Å²) in [6.45, 7) is 8.65. The maximum Gasteiger partial charge on any atom is 0.213 e. The first-order valence-electron chi connectivity index (χ1n) is 12.2. The van der Waals surface area contributed by atoms with E-state index in [0.717, 1.165) is 50.8 Å². The Kier molecular flexibility index (Phi) is 6.24. The number of ether oxygens (including phenoxy) is 2. The van der Waals surface area contributed by atoms with Crippen molar-refractivity contribution in [2.45, 2.75) is 45.7 Å². The second kappa shape index (κ2) is 9.47. The third-order valence-corrected chi connectivity index (χ3v) is 6.95. The first-order chi connectivity index (χ1) is 16.5. The second-order valence-electron chi connectivity index (χ2n) is 9.18. The number of nitrogens with zero attached hydrogens (tertiary/aromatic N) is 2. The van der Waals surface area contributed by atoms with Gasteiger partial charge >= 0.3 is 0 Å². The van der Waals surface area contributed by atoms with Gasteiger partial charge in [-0.3, -0.25) is 15.4 Å². The highest BCUT2D eigenvalue weighted by molar-refractivity contribution is 6.01. The molecule has 1 aliphatic heterocycles. The molecule has 3 aromatic carbocycles. The van der Waals surface area contributed by atoms with E-state index in [0.29, 0.717) is 25.3 Å². The van der Waals surface area contributed by atoms with E-state index >= 15 is 0 Å². The second-order valence-corrected chi connectivity index (χ2v) is 9.18. The van der Waals surface area contributed by atoms with Crippen LogP contribution >= 0.6 is 0 Å². The molecule has 34 heavy (non-hydrogen) atoms. The van der Waals surface area contributed by atoms with Crippen molar-refractivity contribution >= 4 is 27.6 Å². The topological polar surface area (TPSA) is 74.2 Å². The first kappa shape index (κ1) is 22.4. The van der Waals surface area contributed by atoms with Crippen LogP contribution in [0.25, 0.3) is 32.9 Å². The maximum absolute atomic E-state index is 8.11. The van der Waals surface area contributed by atoms with Gasteiger partial charge in [-0.15, -0.1) is 0 Å². The third-order valence-electron chi connectivity index (χ3n) is 6.95. The minimum atomic E-state index is 0.177. The Bertz CT molecular complexity index is 1320. The van der Waals surface area contributed by atoms with Crippen molar-refractivity contribution in [1.82, 2.24) is 15.1 Å². The molecule has 2 unspecified atom stereocenters. The predicted molar refractivity (Wildman–Crippen MR) is 138 cm³/mol. The number of hydrogen-bond donors (Lipinski definition) is 2. The quantitative estimate of drug-likeness (QED) is 0.264. The zero-order valence-corrected chi connectivity index (χ0v) is 20.1. The fourth-order valence-corrected chi connectivity index (χ4v) is 5.02. The molecule has 176 valence electrons. The summed E-state index contributed by atoms with van der Waals surface area (Å²) in [6, 6.07) is 19.7. The van der Waals surface area contributed by atoms with E-state index < -0.39 is 0 Å². The molecular weight excluding hydrogens is 424 g/mol. The highest BCUT2D eigenvalue weighted by Crippen LogP contribution is 2.31. The van der Waals surface area contributed by atoms with Crippen molar-refractivity contribution in [3.05, 3.63) is 60.2 Å². The molecule has 1 aromatic heterocycles. The van der Waals surface area contributed by atoms with Gasteiger partial charge in [-0.1, -0.05) is 18.2 Å². The van der Waals surface area contributed by atoms with Gasteiger partial charge in [-0.25, -0.2) is 0 Å². The van der Waals surface area contributed by atoms with E-state index in [1.807, 2.05) is 31.2 Å². The van der Waals surface area contributed by atoms with Gasteiger partial charge in [0, 0.05) is 35.1 Å². The lowest BCUT2D eigenvalue weighted by molar-refractivity contribution is 0.170.